The van der Waals surface area contributed by atoms with Crippen molar-refractivity contribution in [2.24, 2.45) is 0 Å². The van der Waals surface area contributed by atoms with E-state index in [2.05, 4.69) is 4.72 Å². The van der Waals surface area contributed by atoms with Crippen LogP contribution in [-0.4, -0.2) is 31.6 Å². The quantitative estimate of drug-likeness (QED) is 0.800. The molecule has 1 aromatic carbocycles. The first kappa shape index (κ1) is 15.5. The Morgan fingerprint density at radius 3 is 2.78 bits per heavy atom. The van der Waals surface area contributed by atoms with E-state index in [1.807, 2.05) is 13.2 Å². The second-order valence-corrected chi connectivity index (χ2v) is 6.81. The van der Waals surface area contributed by atoms with E-state index in [0.29, 0.717) is 5.56 Å². The summed E-state index contributed by atoms with van der Waals surface area (Å²) in [6, 6.07) is 6.25. The largest absolute Gasteiger partial charge is 0.392 e. The average Bonchev–Trinajstić information content (AvgIpc) is 2.36. The monoisotopic (exact) mass is 289 g/mol. The second-order valence-electron chi connectivity index (χ2n) is 4.11. The van der Waals surface area contributed by atoms with Gasteiger partial charge in [-0.2, -0.15) is 11.8 Å². The first-order chi connectivity index (χ1) is 8.49. The summed E-state index contributed by atoms with van der Waals surface area (Å²) in [6.45, 7) is 1.69. The number of nitrogens with one attached hydrogen (secondary N) is 1. The number of aliphatic hydroxyl groups excluding tert-OH is 1. The Bertz CT molecular complexity index is 474. The van der Waals surface area contributed by atoms with E-state index in [9.17, 15) is 8.42 Å². The predicted octanol–water partition coefficient (Wildman–Crippen LogP) is 1.60. The number of rotatable bonds is 7. The highest BCUT2D eigenvalue weighted by atomic mass is 32.2. The summed E-state index contributed by atoms with van der Waals surface area (Å²) in [5.74, 6) is 0.917. The molecule has 0 spiro atoms. The minimum absolute atomic E-state index is 0.0970. The summed E-state index contributed by atoms with van der Waals surface area (Å²) in [5, 5.41) is 9.01. The van der Waals surface area contributed by atoms with Crippen molar-refractivity contribution in [2.75, 3.05) is 12.0 Å². The molecule has 18 heavy (non-hydrogen) atoms. The molecule has 1 atom stereocenters. The van der Waals surface area contributed by atoms with Crippen LogP contribution in [-0.2, 0) is 16.6 Å². The summed E-state index contributed by atoms with van der Waals surface area (Å²) in [4.78, 5) is 0.199. The fraction of sp³-hybridized carbons (Fsp3) is 0.500. The van der Waals surface area contributed by atoms with Crippen molar-refractivity contribution in [1.29, 1.82) is 0 Å². The molecule has 2 N–H and O–H groups in total. The molecule has 6 heteroatoms. The summed E-state index contributed by atoms with van der Waals surface area (Å²) < 4.78 is 26.8. The normalized spacial score (nSPS) is 13.5. The van der Waals surface area contributed by atoms with Gasteiger partial charge in [0.25, 0.3) is 0 Å². The lowest BCUT2D eigenvalue weighted by atomic mass is 10.2. The lowest BCUT2D eigenvalue weighted by Gasteiger charge is -2.14. The van der Waals surface area contributed by atoms with Gasteiger partial charge in [-0.15, -0.1) is 0 Å². The van der Waals surface area contributed by atoms with Crippen molar-refractivity contribution in [3.8, 4) is 0 Å². The molecule has 1 unspecified atom stereocenters. The molecule has 0 heterocycles. The summed E-state index contributed by atoms with van der Waals surface area (Å²) >= 11 is 1.69. The molecule has 102 valence electrons. The molecular formula is C12H19NO3S2. The molecule has 0 aliphatic heterocycles. The smallest absolute Gasteiger partial charge is 0.240 e. The maximum atomic E-state index is 12.1. The van der Waals surface area contributed by atoms with Crippen molar-refractivity contribution >= 4 is 21.8 Å². The Balaban J connectivity index is 2.79. The summed E-state index contributed by atoms with van der Waals surface area (Å²) in [6.07, 6.45) is 2.78. The highest BCUT2D eigenvalue weighted by Gasteiger charge is 2.17. The van der Waals surface area contributed by atoms with Gasteiger partial charge in [-0.1, -0.05) is 12.1 Å². The molecule has 0 aliphatic carbocycles. The van der Waals surface area contributed by atoms with Crippen molar-refractivity contribution in [3.05, 3.63) is 29.8 Å². The first-order valence-corrected chi connectivity index (χ1v) is 8.58. The van der Waals surface area contributed by atoms with Crippen LogP contribution in [0.25, 0.3) is 0 Å². The Hall–Kier alpha value is -0.560. The van der Waals surface area contributed by atoms with Gasteiger partial charge in [-0.3, -0.25) is 0 Å². The van der Waals surface area contributed by atoms with Crippen molar-refractivity contribution < 1.29 is 13.5 Å². The lowest BCUT2D eigenvalue weighted by molar-refractivity contribution is 0.281. The molecule has 0 aliphatic rings. The number of hydrogen-bond donors (Lipinski definition) is 2. The van der Waals surface area contributed by atoms with E-state index in [0.717, 1.165) is 12.2 Å². The van der Waals surface area contributed by atoms with Gasteiger partial charge < -0.3 is 5.11 Å². The van der Waals surface area contributed by atoms with E-state index in [1.165, 1.54) is 12.1 Å². The van der Waals surface area contributed by atoms with E-state index >= 15 is 0 Å². The fourth-order valence-electron chi connectivity index (χ4n) is 1.50. The maximum Gasteiger partial charge on any atom is 0.240 e. The Morgan fingerprint density at radius 1 is 1.44 bits per heavy atom. The molecule has 0 amide bonds. The number of sulfonamides is 1. The second kappa shape index (κ2) is 7.13. The predicted molar refractivity (Wildman–Crippen MR) is 75.1 cm³/mol. The topological polar surface area (TPSA) is 66.4 Å². The van der Waals surface area contributed by atoms with Crippen LogP contribution in [0, 0.1) is 0 Å². The summed E-state index contributed by atoms with van der Waals surface area (Å²) in [7, 11) is -3.49. The number of hydrogen-bond acceptors (Lipinski definition) is 4. The number of thioether (sulfide) groups is 1. The third-order valence-corrected chi connectivity index (χ3v) is 4.73. The molecule has 0 saturated heterocycles. The summed E-state index contributed by atoms with van der Waals surface area (Å²) in [5.41, 5.74) is 0.592. The van der Waals surface area contributed by atoms with Gasteiger partial charge in [0, 0.05) is 6.04 Å². The van der Waals surface area contributed by atoms with Crippen molar-refractivity contribution in [1.82, 2.24) is 4.72 Å². The van der Waals surface area contributed by atoms with Gasteiger partial charge in [0.15, 0.2) is 0 Å². The Kier molecular flexibility index (Phi) is 6.14. The van der Waals surface area contributed by atoms with Gasteiger partial charge in [0.2, 0.25) is 10.0 Å². The SMILES string of the molecule is CSCCC(C)NS(=O)(=O)c1cccc(CO)c1. The molecule has 4 nitrogen and oxygen atoms in total. The highest BCUT2D eigenvalue weighted by Crippen LogP contribution is 2.13. The van der Waals surface area contributed by atoms with Crippen LogP contribution in [0.1, 0.15) is 18.9 Å². The molecule has 1 rings (SSSR count). The van der Waals surface area contributed by atoms with Crippen LogP contribution in [0.15, 0.2) is 29.2 Å². The fourth-order valence-corrected chi connectivity index (χ4v) is 3.43. The van der Waals surface area contributed by atoms with Crippen LogP contribution >= 0.6 is 11.8 Å². The lowest BCUT2D eigenvalue weighted by Crippen LogP contribution is -2.33. The van der Waals surface area contributed by atoms with Crippen LogP contribution in [0.5, 0.6) is 0 Å². The molecule has 1 aromatic rings. The van der Waals surface area contributed by atoms with Gasteiger partial charge in [0.05, 0.1) is 11.5 Å². The maximum absolute atomic E-state index is 12.1. The zero-order chi connectivity index (χ0) is 13.6. The highest BCUT2D eigenvalue weighted by molar-refractivity contribution is 7.98. The van der Waals surface area contributed by atoms with Gasteiger partial charge >= 0.3 is 0 Å². The standard InChI is InChI=1S/C12H19NO3S2/c1-10(6-7-17-2)13-18(15,16)12-5-3-4-11(8-12)9-14/h3-5,8,10,13-14H,6-7,9H2,1-2H3. The van der Waals surface area contributed by atoms with Gasteiger partial charge in [0.1, 0.15) is 0 Å². The van der Waals surface area contributed by atoms with Crippen LogP contribution in [0.3, 0.4) is 0 Å². The average molecular weight is 289 g/mol. The minimum atomic E-state index is -3.49. The van der Waals surface area contributed by atoms with Crippen molar-refractivity contribution in [3.63, 3.8) is 0 Å². The van der Waals surface area contributed by atoms with Crippen LogP contribution in [0.4, 0.5) is 0 Å². The van der Waals surface area contributed by atoms with E-state index in [1.54, 1.807) is 23.9 Å². The number of benzene rings is 1. The Labute approximate surface area is 113 Å². The molecule has 0 saturated carbocycles. The molecule has 0 bridgehead atoms. The van der Waals surface area contributed by atoms with Gasteiger partial charge in [-0.05, 0) is 43.0 Å². The van der Waals surface area contributed by atoms with E-state index in [-0.39, 0.29) is 17.5 Å². The zero-order valence-corrected chi connectivity index (χ0v) is 12.2. The minimum Gasteiger partial charge on any atom is -0.392 e. The molecule has 0 fully saturated rings. The van der Waals surface area contributed by atoms with Gasteiger partial charge in [-0.25, -0.2) is 13.1 Å². The molecule has 0 radical (unpaired) electrons. The molecular weight excluding hydrogens is 270 g/mol. The third-order valence-electron chi connectivity index (χ3n) is 2.50. The van der Waals surface area contributed by atoms with Crippen molar-refractivity contribution in [2.45, 2.75) is 30.9 Å². The first-order valence-electron chi connectivity index (χ1n) is 5.70. The van der Waals surface area contributed by atoms with Crippen LogP contribution < -0.4 is 4.72 Å². The Morgan fingerprint density at radius 2 is 2.17 bits per heavy atom. The molecule has 0 aromatic heterocycles. The number of aliphatic hydroxyl groups is 1. The zero-order valence-electron chi connectivity index (χ0n) is 10.6. The van der Waals surface area contributed by atoms with Crippen LogP contribution in [0.2, 0.25) is 0 Å². The van der Waals surface area contributed by atoms with E-state index < -0.39 is 10.0 Å². The van der Waals surface area contributed by atoms with E-state index in [4.69, 9.17) is 5.11 Å². The third kappa shape index (κ3) is 4.61.